The molecule has 3 N–H and O–H groups in total. The van der Waals surface area contributed by atoms with E-state index >= 15 is 0 Å². The number of carboxylic acids is 1. The number of rotatable bonds is 27. The van der Waals surface area contributed by atoms with Crippen LogP contribution in [0.25, 0.3) is 0 Å². The third-order valence-electron chi connectivity index (χ3n) is 8.75. The van der Waals surface area contributed by atoms with Crippen molar-refractivity contribution in [2.24, 2.45) is 0 Å². The fourth-order valence-electron chi connectivity index (χ4n) is 5.75. The van der Waals surface area contributed by atoms with E-state index < -0.39 is 77.3 Å². The molecule has 10 nitrogen and oxygen atoms in total. The Morgan fingerprint density at radius 3 is 1.98 bits per heavy atom. The lowest BCUT2D eigenvalue weighted by Crippen LogP contribution is -2.48. The SMILES string of the molecule is CCCCCCCCCCCCCCC(CNc1cccn(C(CC)C(=O)NC(CC(=O)O)C(=O)COc2c(F)c(F)cc(F)c2F)c1=O)OC. The van der Waals surface area contributed by atoms with E-state index in [4.69, 9.17) is 4.74 Å². The number of hydrogen-bond acceptors (Lipinski definition) is 7. The average Bonchev–Trinajstić information content (AvgIpc) is 3.10. The fourth-order valence-corrected chi connectivity index (χ4v) is 5.75. The highest BCUT2D eigenvalue weighted by Gasteiger charge is 2.30. The molecular weight excluding hydrogens is 674 g/mol. The number of amides is 1. The molecule has 1 aromatic carbocycles. The van der Waals surface area contributed by atoms with E-state index in [-0.39, 0.29) is 24.3 Å². The first-order chi connectivity index (χ1) is 24.4. The van der Waals surface area contributed by atoms with Crippen molar-refractivity contribution < 1.29 is 46.5 Å². The van der Waals surface area contributed by atoms with E-state index in [9.17, 15) is 41.8 Å². The minimum atomic E-state index is -1.89. The molecule has 1 heterocycles. The normalized spacial score (nSPS) is 13.0. The number of aliphatic carboxylic acids is 1. The lowest BCUT2D eigenvalue weighted by Gasteiger charge is -2.23. The highest BCUT2D eigenvalue weighted by atomic mass is 19.2. The molecule has 1 aromatic heterocycles. The number of unbranched alkanes of at least 4 members (excludes halogenated alkanes) is 11. The molecule has 2 rings (SSSR count). The van der Waals surface area contributed by atoms with Gasteiger partial charge in [-0.3, -0.25) is 19.2 Å². The number of pyridine rings is 1. The minimum Gasteiger partial charge on any atom is -0.481 e. The molecule has 0 saturated heterocycles. The summed E-state index contributed by atoms with van der Waals surface area (Å²) in [4.78, 5) is 51.0. The molecule has 1 amide bonds. The van der Waals surface area contributed by atoms with Crippen molar-refractivity contribution in [2.75, 3.05) is 25.6 Å². The Hall–Kier alpha value is -3.94. The van der Waals surface area contributed by atoms with E-state index in [0.29, 0.717) is 6.54 Å². The number of carbonyl (C=O) groups excluding carboxylic acids is 2. The maximum atomic E-state index is 14.0. The van der Waals surface area contributed by atoms with Crippen LogP contribution in [0.2, 0.25) is 0 Å². The number of ether oxygens (including phenoxy) is 2. The van der Waals surface area contributed by atoms with E-state index in [1.165, 1.54) is 70.4 Å². The van der Waals surface area contributed by atoms with Gasteiger partial charge in [0.1, 0.15) is 24.4 Å². The third-order valence-corrected chi connectivity index (χ3v) is 8.75. The second-order valence-electron chi connectivity index (χ2n) is 12.7. The average molecular weight is 728 g/mol. The van der Waals surface area contributed by atoms with Gasteiger partial charge in [-0.05, 0) is 25.0 Å². The number of nitrogens with one attached hydrogen (secondary N) is 2. The Morgan fingerprint density at radius 2 is 1.45 bits per heavy atom. The highest BCUT2D eigenvalue weighted by Crippen LogP contribution is 2.26. The Labute approximate surface area is 297 Å². The number of halogens is 4. The van der Waals surface area contributed by atoms with Gasteiger partial charge in [0.05, 0.1) is 12.5 Å². The molecule has 0 aliphatic heterocycles. The van der Waals surface area contributed by atoms with Crippen LogP contribution < -0.4 is 20.9 Å². The van der Waals surface area contributed by atoms with Crippen LogP contribution in [0.4, 0.5) is 23.2 Å². The van der Waals surface area contributed by atoms with Crippen LogP contribution >= 0.6 is 0 Å². The molecule has 3 unspecified atom stereocenters. The van der Waals surface area contributed by atoms with Gasteiger partial charge in [-0.15, -0.1) is 0 Å². The predicted octanol–water partition coefficient (Wildman–Crippen LogP) is 7.48. The molecule has 14 heteroatoms. The maximum absolute atomic E-state index is 14.0. The fraction of sp³-hybridized carbons (Fsp3) is 0.622. The zero-order chi connectivity index (χ0) is 37.8. The molecule has 0 fully saturated rings. The number of ketones is 1. The molecule has 3 atom stereocenters. The van der Waals surface area contributed by atoms with Gasteiger partial charge in [0, 0.05) is 25.9 Å². The molecule has 286 valence electrons. The minimum absolute atomic E-state index is 0.0411. The summed E-state index contributed by atoms with van der Waals surface area (Å²) >= 11 is 0. The quantitative estimate of drug-likeness (QED) is 0.0490. The van der Waals surface area contributed by atoms with Crippen molar-refractivity contribution in [2.45, 2.75) is 128 Å². The first kappa shape index (κ1) is 43.2. The third kappa shape index (κ3) is 14.7. The van der Waals surface area contributed by atoms with Gasteiger partial charge >= 0.3 is 5.97 Å². The first-order valence-corrected chi connectivity index (χ1v) is 17.9. The van der Waals surface area contributed by atoms with Crippen molar-refractivity contribution in [3.05, 3.63) is 58.0 Å². The Kier molecular flexibility index (Phi) is 19.9. The summed E-state index contributed by atoms with van der Waals surface area (Å²) in [5.41, 5.74) is -0.332. The number of Topliss-reactive ketones (excluding diaryl/α,β-unsaturated/α-hetero) is 1. The Morgan fingerprint density at radius 1 is 0.882 bits per heavy atom. The number of anilines is 1. The lowest BCUT2D eigenvalue weighted by molar-refractivity contribution is -0.140. The smallest absolute Gasteiger partial charge is 0.305 e. The molecule has 2 aromatic rings. The van der Waals surface area contributed by atoms with Crippen molar-refractivity contribution in [3.63, 3.8) is 0 Å². The van der Waals surface area contributed by atoms with Crippen molar-refractivity contribution in [3.8, 4) is 5.75 Å². The van der Waals surface area contributed by atoms with E-state index in [1.807, 2.05) is 0 Å². The van der Waals surface area contributed by atoms with Crippen molar-refractivity contribution in [1.82, 2.24) is 9.88 Å². The van der Waals surface area contributed by atoms with Crippen LogP contribution in [0.5, 0.6) is 5.75 Å². The summed E-state index contributed by atoms with van der Waals surface area (Å²) in [5, 5.41) is 14.7. The molecule has 0 spiro atoms. The molecule has 0 radical (unpaired) electrons. The van der Waals surface area contributed by atoms with Crippen LogP contribution in [-0.2, 0) is 19.1 Å². The lowest BCUT2D eigenvalue weighted by atomic mass is 10.0. The van der Waals surface area contributed by atoms with E-state index in [2.05, 4.69) is 22.3 Å². The summed E-state index contributed by atoms with van der Waals surface area (Å²) in [6.45, 7) is 2.96. The Balaban J connectivity index is 1.94. The van der Waals surface area contributed by atoms with E-state index in [1.54, 1.807) is 26.2 Å². The van der Waals surface area contributed by atoms with Gasteiger partial charge in [0.15, 0.2) is 23.2 Å². The second-order valence-corrected chi connectivity index (χ2v) is 12.7. The van der Waals surface area contributed by atoms with Crippen LogP contribution in [0.15, 0.2) is 29.2 Å². The van der Waals surface area contributed by atoms with Crippen LogP contribution in [0, 0.1) is 23.3 Å². The monoisotopic (exact) mass is 727 g/mol. The topological polar surface area (TPSA) is 136 Å². The van der Waals surface area contributed by atoms with Crippen molar-refractivity contribution in [1.29, 1.82) is 0 Å². The zero-order valence-corrected chi connectivity index (χ0v) is 29.9. The maximum Gasteiger partial charge on any atom is 0.305 e. The van der Waals surface area contributed by atoms with Crippen LogP contribution in [-0.4, -0.2) is 59.7 Å². The molecule has 0 aliphatic carbocycles. The number of carbonyl (C=O) groups is 3. The molecule has 0 aliphatic rings. The van der Waals surface area contributed by atoms with Crippen LogP contribution in [0.3, 0.4) is 0 Å². The largest absolute Gasteiger partial charge is 0.481 e. The number of benzene rings is 1. The summed E-state index contributed by atoms with van der Waals surface area (Å²) < 4.78 is 66.4. The van der Waals surface area contributed by atoms with Gasteiger partial charge in [-0.2, -0.15) is 8.78 Å². The summed E-state index contributed by atoms with van der Waals surface area (Å²) in [6, 6.07) is 0.146. The summed E-state index contributed by atoms with van der Waals surface area (Å²) in [7, 11) is 1.61. The standard InChI is InChI=1S/C37H53F4N3O7/c1-4-6-7-8-9-10-11-12-13-14-15-16-18-25(50-3)23-42-28-19-17-20-44(37(28)49)30(5-2)36(48)43-29(22-32(46)47)31(45)24-51-35-33(40)26(38)21-27(39)34(35)41/h17,19-21,25,29-30,42H,4-16,18,22-24H2,1-3H3,(H,43,48)(H,46,47). The summed E-state index contributed by atoms with van der Waals surface area (Å²) in [5.74, 6) is -12.4. The van der Waals surface area contributed by atoms with E-state index in [0.717, 1.165) is 23.8 Å². The number of hydrogen-bond donors (Lipinski definition) is 3. The molecule has 0 saturated carbocycles. The van der Waals surface area contributed by atoms with Crippen LogP contribution in [0.1, 0.15) is 116 Å². The number of aromatic nitrogens is 1. The number of nitrogens with zero attached hydrogens (tertiary/aromatic N) is 1. The molecule has 51 heavy (non-hydrogen) atoms. The highest BCUT2D eigenvalue weighted by molar-refractivity contribution is 5.93. The zero-order valence-electron chi connectivity index (χ0n) is 29.9. The predicted molar refractivity (Wildman–Crippen MR) is 186 cm³/mol. The van der Waals surface area contributed by atoms with Gasteiger partial charge in [0.25, 0.3) is 5.56 Å². The van der Waals surface area contributed by atoms with Crippen molar-refractivity contribution >= 4 is 23.3 Å². The summed E-state index contributed by atoms with van der Waals surface area (Å²) in [6.07, 6.45) is 16.1. The molecule has 0 bridgehead atoms. The Bertz CT molecular complexity index is 1430. The van der Waals surface area contributed by atoms with Gasteiger partial charge < -0.3 is 29.8 Å². The first-order valence-electron chi connectivity index (χ1n) is 17.9. The van der Waals surface area contributed by atoms with Gasteiger partial charge in [-0.1, -0.05) is 90.9 Å². The van der Waals surface area contributed by atoms with Gasteiger partial charge in [-0.25, -0.2) is 8.78 Å². The second kappa shape index (κ2) is 23.5. The number of methoxy groups -OCH3 is 1. The van der Waals surface area contributed by atoms with Gasteiger partial charge in [0.2, 0.25) is 17.5 Å². The number of carboxylic acid groups (broad SMARTS) is 1. The molecular formula is C37H53F4N3O7.